The normalized spacial score (nSPS) is 41.0. The zero-order chi connectivity index (χ0) is 8.88. The molecule has 0 aromatic carbocycles. The summed E-state index contributed by atoms with van der Waals surface area (Å²) in [5, 5.41) is 0. The Kier molecular flexibility index (Phi) is 1.92. The van der Waals surface area contributed by atoms with Crippen molar-refractivity contribution in [3.05, 3.63) is 0 Å². The van der Waals surface area contributed by atoms with Gasteiger partial charge in [0.05, 0.1) is 0 Å². The molecule has 3 aliphatic rings. The maximum atomic E-state index is 2.66. The molecule has 0 spiro atoms. The Hall–Kier alpha value is -0.0800. The van der Waals surface area contributed by atoms with Crippen molar-refractivity contribution in [2.24, 2.45) is 5.92 Å². The summed E-state index contributed by atoms with van der Waals surface area (Å²) in [7, 11) is 4.43. The summed E-state index contributed by atoms with van der Waals surface area (Å²) in [6, 6.07) is 2.46. The summed E-state index contributed by atoms with van der Waals surface area (Å²) in [4.78, 5) is 5.07. The minimum atomic E-state index is 0.741. The fourth-order valence-electron chi connectivity index (χ4n) is 2.99. The molecule has 1 saturated carbocycles. The van der Waals surface area contributed by atoms with E-state index in [2.05, 4.69) is 37.7 Å². The molecule has 12 heavy (non-hydrogen) atoms. The molecule has 2 nitrogen and oxygen atoms in total. The Morgan fingerprint density at radius 3 is 2.33 bits per heavy atom. The first-order valence-corrected chi connectivity index (χ1v) is 5.03. The van der Waals surface area contributed by atoms with E-state index in [0.717, 1.165) is 24.0 Å². The van der Waals surface area contributed by atoms with Gasteiger partial charge in [0.25, 0.3) is 0 Å². The van der Waals surface area contributed by atoms with Crippen molar-refractivity contribution >= 4 is 0 Å². The lowest BCUT2D eigenvalue weighted by Crippen LogP contribution is -2.52. The van der Waals surface area contributed by atoms with Crippen molar-refractivity contribution in [2.75, 3.05) is 20.6 Å². The van der Waals surface area contributed by atoms with Crippen LogP contribution < -0.4 is 0 Å². The Balaban J connectivity index is 2.02. The molecule has 70 valence electrons. The highest BCUT2D eigenvalue weighted by Crippen LogP contribution is 2.44. The van der Waals surface area contributed by atoms with E-state index >= 15 is 0 Å². The van der Waals surface area contributed by atoms with Gasteiger partial charge in [-0.2, -0.15) is 0 Å². The second-order valence-corrected chi connectivity index (χ2v) is 4.81. The molecule has 0 aromatic rings. The molecule has 0 amide bonds. The van der Waals surface area contributed by atoms with Crippen LogP contribution in [-0.4, -0.2) is 48.6 Å². The predicted molar refractivity (Wildman–Crippen MR) is 51.2 cm³/mol. The van der Waals surface area contributed by atoms with Crippen molar-refractivity contribution in [3.8, 4) is 0 Å². The summed E-state index contributed by atoms with van der Waals surface area (Å²) >= 11 is 0. The summed E-state index contributed by atoms with van der Waals surface area (Å²) in [6.07, 6.45) is 1.45. The Morgan fingerprint density at radius 1 is 1.33 bits per heavy atom. The van der Waals surface area contributed by atoms with E-state index in [4.69, 9.17) is 0 Å². The molecule has 3 atom stereocenters. The Labute approximate surface area is 75.5 Å². The summed E-state index contributed by atoms with van der Waals surface area (Å²) in [5.74, 6) is 0.965. The smallest absolute Gasteiger partial charge is 0.0286 e. The van der Waals surface area contributed by atoms with Crippen LogP contribution in [0.5, 0.6) is 0 Å². The number of hydrogen-bond donors (Lipinski definition) is 0. The van der Waals surface area contributed by atoms with Gasteiger partial charge >= 0.3 is 0 Å². The summed E-state index contributed by atoms with van der Waals surface area (Å²) < 4.78 is 0. The first kappa shape index (κ1) is 8.52. The number of hydrogen-bond acceptors (Lipinski definition) is 2. The van der Waals surface area contributed by atoms with Gasteiger partial charge in [-0.1, -0.05) is 0 Å². The largest absolute Gasteiger partial charge is 0.305 e. The lowest BCUT2D eigenvalue weighted by Gasteiger charge is -2.42. The van der Waals surface area contributed by atoms with Crippen molar-refractivity contribution in [3.63, 3.8) is 0 Å². The average molecular weight is 168 g/mol. The highest BCUT2D eigenvalue weighted by atomic mass is 15.3. The molecule has 3 unspecified atom stereocenters. The van der Waals surface area contributed by atoms with Crippen molar-refractivity contribution < 1.29 is 0 Å². The highest BCUT2D eigenvalue weighted by molar-refractivity contribution is 5.09. The molecule has 0 radical (unpaired) electrons. The molecule has 2 saturated heterocycles. The van der Waals surface area contributed by atoms with Gasteiger partial charge in [0, 0.05) is 24.7 Å². The molecular formula is C10H20N2. The van der Waals surface area contributed by atoms with Crippen LogP contribution in [0.15, 0.2) is 0 Å². The van der Waals surface area contributed by atoms with Crippen molar-refractivity contribution in [1.29, 1.82) is 0 Å². The topological polar surface area (TPSA) is 6.48 Å². The number of rotatable bonds is 2. The van der Waals surface area contributed by atoms with Gasteiger partial charge in [0.1, 0.15) is 0 Å². The Morgan fingerprint density at radius 2 is 2.00 bits per heavy atom. The second-order valence-electron chi connectivity index (χ2n) is 4.81. The van der Waals surface area contributed by atoms with Crippen LogP contribution in [0.1, 0.15) is 20.3 Å². The van der Waals surface area contributed by atoms with E-state index in [0.29, 0.717) is 0 Å². The summed E-state index contributed by atoms with van der Waals surface area (Å²) in [5.41, 5.74) is 0. The lowest BCUT2D eigenvalue weighted by atomic mass is 9.79. The van der Waals surface area contributed by atoms with Gasteiger partial charge in [-0.15, -0.1) is 0 Å². The van der Waals surface area contributed by atoms with Crippen LogP contribution in [0.25, 0.3) is 0 Å². The SMILES string of the molecule is CC(C)N1CC2CC1C2N(C)C. The number of nitrogens with zero attached hydrogens (tertiary/aromatic N) is 2. The third-order valence-electron chi connectivity index (χ3n) is 3.55. The highest BCUT2D eigenvalue weighted by Gasteiger charge is 2.53. The minimum Gasteiger partial charge on any atom is -0.305 e. The van der Waals surface area contributed by atoms with Crippen molar-refractivity contribution in [2.45, 2.75) is 38.4 Å². The van der Waals surface area contributed by atoms with Gasteiger partial charge in [-0.25, -0.2) is 0 Å². The van der Waals surface area contributed by atoms with E-state index in [1.165, 1.54) is 13.0 Å². The molecule has 2 heteroatoms. The molecule has 2 aliphatic heterocycles. The third kappa shape index (κ3) is 1.01. The quantitative estimate of drug-likeness (QED) is 0.607. The van der Waals surface area contributed by atoms with Gasteiger partial charge in [0.15, 0.2) is 0 Å². The molecule has 2 heterocycles. The predicted octanol–water partition coefficient (Wildman–Crippen LogP) is 1.03. The Bertz CT molecular complexity index is 167. The molecular weight excluding hydrogens is 148 g/mol. The molecule has 0 aromatic heterocycles. The molecule has 3 fully saturated rings. The van der Waals surface area contributed by atoms with E-state index in [-0.39, 0.29) is 0 Å². The monoisotopic (exact) mass is 168 g/mol. The van der Waals surface area contributed by atoms with Crippen molar-refractivity contribution in [1.82, 2.24) is 9.80 Å². The number of likely N-dealkylation sites (N-methyl/N-ethyl adjacent to an activating group) is 1. The van der Waals surface area contributed by atoms with Gasteiger partial charge < -0.3 is 4.90 Å². The maximum Gasteiger partial charge on any atom is 0.0286 e. The van der Waals surface area contributed by atoms with Crippen LogP contribution in [0.3, 0.4) is 0 Å². The lowest BCUT2D eigenvalue weighted by molar-refractivity contribution is 0.0881. The molecule has 0 N–H and O–H groups in total. The molecule has 3 rings (SSSR count). The third-order valence-corrected chi connectivity index (χ3v) is 3.55. The van der Waals surface area contributed by atoms with E-state index in [9.17, 15) is 0 Å². The van der Waals surface area contributed by atoms with Crippen LogP contribution in [-0.2, 0) is 0 Å². The zero-order valence-corrected chi connectivity index (χ0v) is 8.62. The first-order chi connectivity index (χ1) is 5.61. The number of fused-ring (bicyclic) bond motifs is 1. The standard InChI is InChI=1S/C10H20N2/c1-7(2)12-6-8-5-9(12)10(8)11(3)4/h7-10H,5-6H2,1-4H3. The first-order valence-electron chi connectivity index (χ1n) is 5.03. The van der Waals surface area contributed by atoms with Crippen LogP contribution in [0, 0.1) is 5.92 Å². The van der Waals surface area contributed by atoms with E-state index < -0.39 is 0 Å². The van der Waals surface area contributed by atoms with Gasteiger partial charge in [0.2, 0.25) is 0 Å². The van der Waals surface area contributed by atoms with Crippen LogP contribution in [0.2, 0.25) is 0 Å². The minimum absolute atomic E-state index is 0.741. The fourth-order valence-corrected chi connectivity index (χ4v) is 2.99. The van der Waals surface area contributed by atoms with Crippen LogP contribution >= 0.6 is 0 Å². The van der Waals surface area contributed by atoms with Gasteiger partial charge in [-0.3, -0.25) is 4.90 Å². The van der Waals surface area contributed by atoms with Crippen LogP contribution in [0.4, 0.5) is 0 Å². The molecule has 2 bridgehead atoms. The maximum absolute atomic E-state index is 2.66. The van der Waals surface area contributed by atoms with E-state index in [1.54, 1.807) is 0 Å². The fraction of sp³-hybridized carbons (Fsp3) is 1.00. The average Bonchev–Trinajstić information content (AvgIpc) is 2.37. The zero-order valence-electron chi connectivity index (χ0n) is 8.62. The summed E-state index contributed by atoms with van der Waals surface area (Å²) in [6.45, 7) is 5.96. The molecule has 1 aliphatic carbocycles. The van der Waals surface area contributed by atoms with E-state index in [1.807, 2.05) is 0 Å². The second kappa shape index (κ2) is 2.71. The van der Waals surface area contributed by atoms with Gasteiger partial charge in [-0.05, 0) is 40.3 Å².